The summed E-state index contributed by atoms with van der Waals surface area (Å²) in [7, 11) is 2.19. The third-order valence-electron chi connectivity index (χ3n) is 4.63. The maximum absolute atomic E-state index is 10.6. The van der Waals surface area contributed by atoms with Crippen LogP contribution < -0.4 is 5.32 Å². The van der Waals surface area contributed by atoms with Crippen LogP contribution in [0.2, 0.25) is 0 Å². The molecule has 0 saturated carbocycles. The fraction of sp³-hybridized carbons (Fsp3) is 0.235. The zero-order valence-corrected chi connectivity index (χ0v) is 11.3. The lowest BCUT2D eigenvalue weighted by atomic mass is 9.92. The standard InChI is InChI=1S/C17H16N2O/c1-19-16-8-11-4-2-3-5-13(11)17(19)14-7-6-12(18-10-20)9-15(14)16/h2-7,9-10,16-17H,8H2,1H3,(H,18,20). The fourth-order valence-electron chi connectivity index (χ4n) is 3.72. The Morgan fingerprint density at radius 1 is 1.15 bits per heavy atom. The molecule has 2 unspecified atom stereocenters. The highest BCUT2D eigenvalue weighted by molar-refractivity contribution is 5.72. The van der Waals surface area contributed by atoms with Crippen LogP contribution in [0.5, 0.6) is 0 Å². The van der Waals surface area contributed by atoms with Crippen molar-refractivity contribution in [3.05, 3.63) is 64.7 Å². The van der Waals surface area contributed by atoms with Crippen molar-refractivity contribution in [2.24, 2.45) is 0 Å². The van der Waals surface area contributed by atoms with E-state index in [2.05, 4.69) is 53.7 Å². The Balaban J connectivity index is 1.88. The van der Waals surface area contributed by atoms with E-state index in [0.29, 0.717) is 12.1 Å². The van der Waals surface area contributed by atoms with Crippen LogP contribution in [0.4, 0.5) is 5.69 Å². The summed E-state index contributed by atoms with van der Waals surface area (Å²) in [6, 6.07) is 15.7. The highest BCUT2D eigenvalue weighted by Crippen LogP contribution is 2.51. The summed E-state index contributed by atoms with van der Waals surface area (Å²) in [4.78, 5) is 13.1. The zero-order chi connectivity index (χ0) is 13.7. The molecule has 0 spiro atoms. The van der Waals surface area contributed by atoms with Gasteiger partial charge in [-0.15, -0.1) is 0 Å². The van der Waals surface area contributed by atoms with Crippen molar-refractivity contribution in [1.29, 1.82) is 0 Å². The van der Waals surface area contributed by atoms with Crippen LogP contribution >= 0.6 is 0 Å². The molecule has 1 amide bonds. The van der Waals surface area contributed by atoms with Crippen LogP contribution in [0.3, 0.4) is 0 Å². The molecule has 0 radical (unpaired) electrons. The third-order valence-corrected chi connectivity index (χ3v) is 4.63. The number of amides is 1. The first-order valence-electron chi connectivity index (χ1n) is 6.93. The minimum Gasteiger partial charge on any atom is -0.329 e. The van der Waals surface area contributed by atoms with Gasteiger partial charge in [0.1, 0.15) is 0 Å². The molecule has 3 nitrogen and oxygen atoms in total. The van der Waals surface area contributed by atoms with E-state index in [4.69, 9.17) is 0 Å². The summed E-state index contributed by atoms with van der Waals surface area (Å²) in [6.07, 6.45) is 1.78. The maximum Gasteiger partial charge on any atom is 0.211 e. The molecule has 4 rings (SSSR count). The monoisotopic (exact) mass is 264 g/mol. The summed E-state index contributed by atoms with van der Waals surface area (Å²) in [5.41, 5.74) is 6.46. The largest absolute Gasteiger partial charge is 0.329 e. The zero-order valence-electron chi connectivity index (χ0n) is 11.3. The van der Waals surface area contributed by atoms with Crippen molar-refractivity contribution in [2.75, 3.05) is 12.4 Å². The molecule has 2 aromatic carbocycles. The van der Waals surface area contributed by atoms with Crippen molar-refractivity contribution in [3.63, 3.8) is 0 Å². The first-order valence-corrected chi connectivity index (χ1v) is 6.93. The molecule has 1 N–H and O–H groups in total. The first kappa shape index (κ1) is 11.7. The number of hydrogen-bond acceptors (Lipinski definition) is 2. The Morgan fingerprint density at radius 2 is 2.00 bits per heavy atom. The molecule has 0 aliphatic carbocycles. The second kappa shape index (κ2) is 4.18. The van der Waals surface area contributed by atoms with E-state index >= 15 is 0 Å². The van der Waals surface area contributed by atoms with Gasteiger partial charge in [0.05, 0.1) is 6.04 Å². The third kappa shape index (κ3) is 1.47. The Morgan fingerprint density at radius 3 is 2.85 bits per heavy atom. The Labute approximate surface area is 118 Å². The molecule has 20 heavy (non-hydrogen) atoms. The van der Waals surface area contributed by atoms with E-state index in [-0.39, 0.29) is 0 Å². The number of nitrogens with zero attached hydrogens (tertiary/aromatic N) is 1. The lowest BCUT2D eigenvalue weighted by Crippen LogP contribution is -2.29. The minimum atomic E-state index is 0.352. The average Bonchev–Trinajstić information content (AvgIpc) is 2.65. The molecule has 2 aliphatic heterocycles. The van der Waals surface area contributed by atoms with E-state index in [9.17, 15) is 4.79 Å². The number of carbonyl (C=O) groups excluding carboxylic acids is 1. The molecule has 3 heteroatoms. The summed E-state index contributed by atoms with van der Waals surface area (Å²) in [5.74, 6) is 0. The maximum atomic E-state index is 10.6. The molecule has 2 heterocycles. The van der Waals surface area contributed by atoms with Crippen LogP contribution in [0, 0.1) is 0 Å². The SMILES string of the molecule is CN1C2Cc3ccccc3C1c1ccc(NC=O)cc12. The van der Waals surface area contributed by atoms with Gasteiger partial charge in [-0.2, -0.15) is 0 Å². The fourth-order valence-corrected chi connectivity index (χ4v) is 3.72. The smallest absolute Gasteiger partial charge is 0.211 e. The first-order chi connectivity index (χ1) is 9.79. The van der Waals surface area contributed by atoms with Crippen molar-refractivity contribution in [1.82, 2.24) is 4.90 Å². The molecule has 2 bridgehead atoms. The van der Waals surface area contributed by atoms with Crippen LogP contribution in [0.15, 0.2) is 42.5 Å². The van der Waals surface area contributed by atoms with Crippen LogP contribution in [0.1, 0.15) is 34.3 Å². The van der Waals surface area contributed by atoms with Crippen molar-refractivity contribution in [3.8, 4) is 0 Å². The van der Waals surface area contributed by atoms with E-state index in [1.807, 2.05) is 6.07 Å². The van der Waals surface area contributed by atoms with Crippen LogP contribution in [0.25, 0.3) is 0 Å². The van der Waals surface area contributed by atoms with Crippen molar-refractivity contribution < 1.29 is 4.79 Å². The summed E-state index contributed by atoms with van der Waals surface area (Å²) >= 11 is 0. The summed E-state index contributed by atoms with van der Waals surface area (Å²) in [5, 5.41) is 2.75. The lowest BCUT2D eigenvalue weighted by Gasteiger charge is -2.33. The Kier molecular flexibility index (Phi) is 2.44. The van der Waals surface area contributed by atoms with Crippen LogP contribution in [-0.2, 0) is 11.2 Å². The number of anilines is 1. The van der Waals surface area contributed by atoms with Gasteiger partial charge in [0.15, 0.2) is 0 Å². The molecule has 0 saturated heterocycles. The minimum absolute atomic E-state index is 0.352. The van der Waals surface area contributed by atoms with E-state index in [1.54, 1.807) is 0 Å². The molecule has 2 atom stereocenters. The van der Waals surface area contributed by atoms with Crippen molar-refractivity contribution >= 4 is 12.1 Å². The second-order valence-electron chi connectivity index (χ2n) is 5.59. The number of nitrogens with one attached hydrogen (secondary N) is 1. The van der Waals surface area contributed by atoms with Gasteiger partial charge < -0.3 is 5.32 Å². The molecular weight excluding hydrogens is 248 g/mol. The van der Waals surface area contributed by atoms with Crippen molar-refractivity contribution in [2.45, 2.75) is 18.5 Å². The molecule has 2 aliphatic rings. The normalized spacial score (nSPS) is 23.1. The average molecular weight is 264 g/mol. The van der Waals surface area contributed by atoms with Gasteiger partial charge in [-0.05, 0) is 47.9 Å². The number of fused-ring (bicyclic) bond motifs is 7. The predicted molar refractivity (Wildman–Crippen MR) is 78.6 cm³/mol. The molecule has 0 aromatic heterocycles. The number of likely N-dealkylation sites (N-methyl/N-ethyl adjacent to an activating group) is 1. The van der Waals surface area contributed by atoms with Gasteiger partial charge in [0.2, 0.25) is 6.41 Å². The van der Waals surface area contributed by atoms with E-state index < -0.39 is 0 Å². The Hall–Kier alpha value is -2.13. The molecule has 100 valence electrons. The summed E-state index contributed by atoms with van der Waals surface area (Å²) in [6.45, 7) is 0. The van der Waals surface area contributed by atoms with Gasteiger partial charge in [0, 0.05) is 11.7 Å². The van der Waals surface area contributed by atoms with Gasteiger partial charge in [-0.1, -0.05) is 30.3 Å². The highest BCUT2D eigenvalue weighted by Gasteiger charge is 2.41. The number of benzene rings is 2. The van der Waals surface area contributed by atoms with Gasteiger partial charge in [-0.25, -0.2) is 0 Å². The second-order valence-corrected chi connectivity index (χ2v) is 5.59. The highest BCUT2D eigenvalue weighted by atomic mass is 16.1. The molecular formula is C17H16N2O. The molecule has 2 aromatic rings. The predicted octanol–water partition coefficient (Wildman–Crippen LogP) is 2.89. The van der Waals surface area contributed by atoms with Gasteiger partial charge in [0.25, 0.3) is 0 Å². The van der Waals surface area contributed by atoms with E-state index in [0.717, 1.165) is 18.5 Å². The number of hydrogen-bond donors (Lipinski definition) is 1. The number of rotatable bonds is 2. The van der Waals surface area contributed by atoms with Crippen LogP contribution in [-0.4, -0.2) is 18.4 Å². The topological polar surface area (TPSA) is 32.3 Å². The molecule has 0 fully saturated rings. The number of carbonyl (C=O) groups is 1. The lowest BCUT2D eigenvalue weighted by molar-refractivity contribution is -0.105. The van der Waals surface area contributed by atoms with Gasteiger partial charge in [-0.3, -0.25) is 9.69 Å². The summed E-state index contributed by atoms with van der Waals surface area (Å²) < 4.78 is 0. The quantitative estimate of drug-likeness (QED) is 0.846. The van der Waals surface area contributed by atoms with Gasteiger partial charge >= 0.3 is 0 Å². The Bertz CT molecular complexity index is 695. The van der Waals surface area contributed by atoms with E-state index in [1.165, 1.54) is 22.3 Å².